The first-order valence-corrected chi connectivity index (χ1v) is 2.13. The van der Waals surface area contributed by atoms with Crippen LogP contribution in [0.15, 0.2) is 30.3 Å². The number of hydrogen-bond donors (Lipinski definition) is 1. The van der Waals surface area contributed by atoms with Gasteiger partial charge in [0.15, 0.2) is 0 Å². The molecule has 0 spiro atoms. The third kappa shape index (κ3) is 4.07. The van der Waals surface area contributed by atoms with Gasteiger partial charge in [0, 0.05) is 17.1 Å². The molecule has 52 valence electrons. The monoisotopic (exact) mass is 165 g/mol. The first-order valence-electron chi connectivity index (χ1n) is 2.13. The van der Waals surface area contributed by atoms with Gasteiger partial charge in [-0.15, -0.1) is 0 Å². The third-order valence-corrected chi connectivity index (χ3v) is 0.756. The van der Waals surface area contributed by atoms with Crippen molar-refractivity contribution in [1.29, 1.82) is 0 Å². The van der Waals surface area contributed by atoms with E-state index in [1.165, 1.54) is 0 Å². The molecule has 0 bridgehead atoms. The average molecular weight is 165 g/mol. The van der Waals surface area contributed by atoms with Gasteiger partial charge in [0.1, 0.15) is 5.75 Å². The van der Waals surface area contributed by atoms with Gasteiger partial charge < -0.3 is 12.5 Å². The summed E-state index contributed by atoms with van der Waals surface area (Å²) in [6.07, 6.45) is 0. The number of hydrogen-bond acceptors (Lipinski definition) is 1. The minimum absolute atomic E-state index is 0. The molecule has 1 aromatic rings. The second-order valence-corrected chi connectivity index (χ2v) is 1.34. The van der Waals surface area contributed by atoms with E-state index >= 15 is 0 Å². The van der Waals surface area contributed by atoms with Gasteiger partial charge in [0.2, 0.25) is 0 Å². The van der Waals surface area contributed by atoms with Crippen molar-refractivity contribution in [3.05, 3.63) is 37.8 Å². The smallest absolute Gasteiger partial charge is 0.115 e. The molecule has 2 heteroatoms. The fraction of sp³-hybridized carbons (Fsp3) is 0. The molecule has 0 aliphatic carbocycles. The van der Waals surface area contributed by atoms with Crippen LogP contribution >= 0.6 is 0 Å². The van der Waals surface area contributed by atoms with Gasteiger partial charge in [-0.05, 0) is 12.1 Å². The van der Waals surface area contributed by atoms with Crippen molar-refractivity contribution in [3.8, 4) is 5.75 Å². The average Bonchev–Trinajstić information content (AvgIpc) is 1.69. The van der Waals surface area contributed by atoms with Crippen molar-refractivity contribution >= 4 is 0 Å². The summed E-state index contributed by atoms with van der Waals surface area (Å²) in [4.78, 5) is 0. The molecule has 0 fully saturated rings. The third-order valence-electron chi connectivity index (χ3n) is 0.756. The largest absolute Gasteiger partial charge is 0.508 e. The molecule has 0 amide bonds. The predicted molar refractivity (Wildman–Crippen MR) is 34.5 cm³/mol. The molecular weight excluding hydrogens is 156 g/mol. The number of aromatic hydroxyl groups is 1. The van der Waals surface area contributed by atoms with E-state index < -0.39 is 0 Å². The summed E-state index contributed by atoms with van der Waals surface area (Å²) < 4.78 is 0. The van der Waals surface area contributed by atoms with Crippen LogP contribution in [0.25, 0.3) is 0 Å². The predicted octanol–water partition coefficient (Wildman–Crippen LogP) is 1.84. The minimum atomic E-state index is 0. The molecular formula is C7H9FeO-. The molecule has 0 saturated heterocycles. The van der Waals surface area contributed by atoms with Crippen molar-refractivity contribution in [2.75, 3.05) is 0 Å². The van der Waals surface area contributed by atoms with E-state index in [2.05, 4.69) is 0 Å². The van der Waals surface area contributed by atoms with E-state index in [1.807, 2.05) is 6.07 Å². The van der Waals surface area contributed by atoms with Crippen LogP contribution in [0.3, 0.4) is 0 Å². The van der Waals surface area contributed by atoms with E-state index in [0.717, 1.165) is 0 Å². The van der Waals surface area contributed by atoms with Crippen LogP contribution < -0.4 is 0 Å². The number of para-hydroxylation sites is 1. The SMILES string of the molecule is Oc1ccccc1.[CH3-].[Fe]. The normalized spacial score (nSPS) is 6.67. The maximum atomic E-state index is 8.63. The molecule has 0 aliphatic rings. The first-order chi connectivity index (χ1) is 3.39. The molecule has 0 radical (unpaired) electrons. The zero-order chi connectivity index (χ0) is 5.11. The van der Waals surface area contributed by atoms with Crippen molar-refractivity contribution in [3.63, 3.8) is 0 Å². The topological polar surface area (TPSA) is 20.2 Å². The number of rotatable bonds is 0. The molecule has 9 heavy (non-hydrogen) atoms. The quantitative estimate of drug-likeness (QED) is 0.459. The summed E-state index contributed by atoms with van der Waals surface area (Å²) in [5, 5.41) is 8.63. The van der Waals surface area contributed by atoms with E-state index in [4.69, 9.17) is 5.11 Å². The Hall–Kier alpha value is -0.461. The van der Waals surface area contributed by atoms with Crippen LogP contribution in [0, 0.1) is 7.43 Å². The number of phenolic OH excluding ortho intramolecular Hbond substituents is 1. The molecule has 1 nitrogen and oxygen atoms in total. The van der Waals surface area contributed by atoms with Crippen molar-refractivity contribution in [2.45, 2.75) is 0 Å². The van der Waals surface area contributed by atoms with Crippen LogP contribution in [-0.4, -0.2) is 5.11 Å². The maximum absolute atomic E-state index is 8.63. The summed E-state index contributed by atoms with van der Waals surface area (Å²) in [6.45, 7) is 0. The number of benzene rings is 1. The fourth-order valence-electron chi connectivity index (χ4n) is 0.428. The van der Waals surface area contributed by atoms with E-state index in [-0.39, 0.29) is 24.5 Å². The maximum Gasteiger partial charge on any atom is 0.115 e. The van der Waals surface area contributed by atoms with Crippen LogP contribution in [0.4, 0.5) is 0 Å². The van der Waals surface area contributed by atoms with Crippen LogP contribution in [0.5, 0.6) is 5.75 Å². The Morgan fingerprint density at radius 3 is 1.67 bits per heavy atom. The zero-order valence-electron chi connectivity index (χ0n) is 5.19. The van der Waals surface area contributed by atoms with E-state index in [0.29, 0.717) is 5.75 Å². The molecule has 1 N–H and O–H groups in total. The van der Waals surface area contributed by atoms with Gasteiger partial charge in [-0.2, -0.15) is 0 Å². The van der Waals surface area contributed by atoms with Gasteiger partial charge in [0.25, 0.3) is 0 Å². The molecule has 0 saturated carbocycles. The van der Waals surface area contributed by atoms with Crippen molar-refractivity contribution < 1.29 is 22.2 Å². The summed E-state index contributed by atoms with van der Waals surface area (Å²) >= 11 is 0. The molecule has 0 heterocycles. The van der Waals surface area contributed by atoms with Gasteiger partial charge in [-0.25, -0.2) is 0 Å². The fourth-order valence-corrected chi connectivity index (χ4v) is 0.428. The second-order valence-electron chi connectivity index (χ2n) is 1.34. The van der Waals surface area contributed by atoms with Crippen LogP contribution in [0.1, 0.15) is 0 Å². The summed E-state index contributed by atoms with van der Waals surface area (Å²) in [5.74, 6) is 0.322. The first kappa shape index (κ1) is 11.4. The molecule has 0 unspecified atom stereocenters. The Kier molecular flexibility index (Phi) is 7.15. The molecule has 0 aromatic heterocycles. The van der Waals surface area contributed by atoms with Gasteiger partial charge in [-0.1, -0.05) is 18.2 Å². The summed E-state index contributed by atoms with van der Waals surface area (Å²) in [6, 6.07) is 8.71. The molecule has 0 atom stereocenters. The van der Waals surface area contributed by atoms with Crippen molar-refractivity contribution in [2.24, 2.45) is 0 Å². The van der Waals surface area contributed by atoms with Crippen molar-refractivity contribution in [1.82, 2.24) is 0 Å². The van der Waals surface area contributed by atoms with E-state index in [9.17, 15) is 0 Å². The minimum Gasteiger partial charge on any atom is -0.508 e. The van der Waals surface area contributed by atoms with Crippen LogP contribution in [-0.2, 0) is 17.1 Å². The summed E-state index contributed by atoms with van der Waals surface area (Å²) in [5.41, 5.74) is 0. The Morgan fingerprint density at radius 1 is 1.00 bits per heavy atom. The standard InChI is InChI=1S/C6H6O.CH3.Fe/c7-6-4-2-1-3-5-6;;/h1-5,7H;1H3;/q;-1;. The Morgan fingerprint density at radius 2 is 1.44 bits per heavy atom. The number of phenols is 1. The molecule has 0 aliphatic heterocycles. The van der Waals surface area contributed by atoms with Gasteiger partial charge in [0.05, 0.1) is 0 Å². The second kappa shape index (κ2) is 5.67. The Bertz CT molecular complexity index is 139. The van der Waals surface area contributed by atoms with E-state index in [1.54, 1.807) is 24.3 Å². The molecule has 1 aromatic carbocycles. The Balaban J connectivity index is 0. The molecule has 1 rings (SSSR count). The van der Waals surface area contributed by atoms with Gasteiger partial charge in [-0.3, -0.25) is 0 Å². The zero-order valence-corrected chi connectivity index (χ0v) is 6.29. The Labute approximate surface area is 66.2 Å². The van der Waals surface area contributed by atoms with Gasteiger partial charge >= 0.3 is 0 Å². The van der Waals surface area contributed by atoms with Crippen LogP contribution in [0.2, 0.25) is 0 Å². The summed E-state index contributed by atoms with van der Waals surface area (Å²) in [7, 11) is 0.